The van der Waals surface area contributed by atoms with Gasteiger partial charge in [0.1, 0.15) is 5.76 Å². The lowest BCUT2D eigenvalue weighted by atomic mass is 9.82. The van der Waals surface area contributed by atoms with Gasteiger partial charge in [0, 0.05) is 12.1 Å². The summed E-state index contributed by atoms with van der Waals surface area (Å²) in [6, 6.07) is 8.36. The summed E-state index contributed by atoms with van der Waals surface area (Å²) in [5.74, 6) is 3.14. The van der Waals surface area contributed by atoms with E-state index in [1.165, 1.54) is 31.2 Å². The average Bonchev–Trinajstić information content (AvgIpc) is 3.24. The molecule has 116 valence electrons. The molecule has 0 saturated heterocycles. The fourth-order valence-electron chi connectivity index (χ4n) is 4.60. The van der Waals surface area contributed by atoms with Gasteiger partial charge in [-0.3, -0.25) is 4.79 Å². The highest BCUT2D eigenvalue weighted by atomic mass is 16.5. The molecule has 2 bridgehead atoms. The van der Waals surface area contributed by atoms with E-state index in [-0.39, 0.29) is 5.91 Å². The van der Waals surface area contributed by atoms with Crippen molar-refractivity contribution in [3.63, 3.8) is 0 Å². The number of fused-ring (bicyclic) bond motifs is 2. The Kier molecular flexibility index (Phi) is 3.44. The van der Waals surface area contributed by atoms with Crippen molar-refractivity contribution in [2.75, 3.05) is 11.9 Å². The van der Waals surface area contributed by atoms with Crippen LogP contribution in [0.15, 0.2) is 35.6 Å². The molecule has 2 aliphatic carbocycles. The molecule has 0 spiro atoms. The van der Waals surface area contributed by atoms with Gasteiger partial charge in [0.05, 0.1) is 12.2 Å². The summed E-state index contributed by atoms with van der Waals surface area (Å²) in [4.78, 5) is 12.5. The summed E-state index contributed by atoms with van der Waals surface area (Å²) < 4.78 is 5.41. The summed E-state index contributed by atoms with van der Waals surface area (Å²) in [5, 5.41) is 3.14. The second kappa shape index (κ2) is 5.45. The first kappa shape index (κ1) is 13.9. The van der Waals surface area contributed by atoms with E-state index in [0.717, 1.165) is 28.9 Å². The van der Waals surface area contributed by atoms with Gasteiger partial charge in [0.15, 0.2) is 0 Å². The standard InChI is InChI=1S/C19H23NO2/c1-12-15(8-9-22-12)19(21)20-18-5-3-2-4-16(18)17-11-13-6-7-14(17)10-13/h2-5,13-14,17H,6-11H2,1H3,(H,20,21). The summed E-state index contributed by atoms with van der Waals surface area (Å²) in [7, 11) is 0. The minimum absolute atomic E-state index is 0.00519. The Hall–Kier alpha value is -1.77. The monoisotopic (exact) mass is 297 g/mol. The van der Waals surface area contributed by atoms with Crippen LogP contribution in [0.1, 0.15) is 50.5 Å². The summed E-state index contributed by atoms with van der Waals surface area (Å²) >= 11 is 0. The molecule has 1 aromatic rings. The first-order valence-corrected chi connectivity index (χ1v) is 8.45. The van der Waals surface area contributed by atoms with Crippen LogP contribution in [0.4, 0.5) is 5.69 Å². The van der Waals surface area contributed by atoms with Crippen LogP contribution >= 0.6 is 0 Å². The lowest BCUT2D eigenvalue weighted by molar-refractivity contribution is -0.113. The largest absolute Gasteiger partial charge is 0.497 e. The third kappa shape index (κ3) is 2.33. The van der Waals surface area contributed by atoms with Gasteiger partial charge in [-0.25, -0.2) is 0 Å². The van der Waals surface area contributed by atoms with Crippen molar-refractivity contribution < 1.29 is 9.53 Å². The Labute approximate surface area is 131 Å². The number of amides is 1. The number of hydrogen-bond acceptors (Lipinski definition) is 2. The Morgan fingerprint density at radius 1 is 1.23 bits per heavy atom. The molecule has 1 N–H and O–H groups in total. The lowest BCUT2D eigenvalue weighted by Gasteiger charge is -2.24. The van der Waals surface area contributed by atoms with Crippen molar-refractivity contribution in [3.8, 4) is 0 Å². The number of benzene rings is 1. The molecule has 4 rings (SSSR count). The molecular weight excluding hydrogens is 274 g/mol. The highest BCUT2D eigenvalue weighted by Gasteiger charge is 2.41. The quantitative estimate of drug-likeness (QED) is 0.907. The lowest BCUT2D eigenvalue weighted by Crippen LogP contribution is -2.17. The molecule has 1 amide bonds. The first-order valence-electron chi connectivity index (χ1n) is 8.45. The normalized spacial score (nSPS) is 29.8. The third-order valence-electron chi connectivity index (χ3n) is 5.72. The number of hydrogen-bond donors (Lipinski definition) is 1. The van der Waals surface area contributed by atoms with Crippen molar-refractivity contribution in [2.45, 2.75) is 44.9 Å². The van der Waals surface area contributed by atoms with E-state index in [9.17, 15) is 4.79 Å². The molecule has 1 aliphatic heterocycles. The predicted molar refractivity (Wildman–Crippen MR) is 86.5 cm³/mol. The molecular formula is C19H23NO2. The highest BCUT2D eigenvalue weighted by Crippen LogP contribution is 2.54. The van der Waals surface area contributed by atoms with E-state index in [1.54, 1.807) is 0 Å². The maximum absolute atomic E-state index is 12.5. The van der Waals surface area contributed by atoms with Crippen LogP contribution < -0.4 is 5.32 Å². The molecule has 1 aromatic carbocycles. The van der Waals surface area contributed by atoms with E-state index in [4.69, 9.17) is 4.74 Å². The zero-order valence-electron chi connectivity index (χ0n) is 13.1. The second-order valence-electron chi connectivity index (χ2n) is 6.96. The molecule has 1 heterocycles. The van der Waals surface area contributed by atoms with E-state index in [0.29, 0.717) is 18.9 Å². The van der Waals surface area contributed by atoms with Crippen LogP contribution in [0.25, 0.3) is 0 Å². The number of para-hydroxylation sites is 1. The first-order chi connectivity index (χ1) is 10.7. The summed E-state index contributed by atoms with van der Waals surface area (Å²) in [6.45, 7) is 2.51. The number of nitrogens with one attached hydrogen (secondary N) is 1. The number of carbonyl (C=O) groups is 1. The van der Waals surface area contributed by atoms with Crippen molar-refractivity contribution in [3.05, 3.63) is 41.2 Å². The van der Waals surface area contributed by atoms with Crippen LogP contribution in [0.2, 0.25) is 0 Å². The Bertz CT molecular complexity index is 634. The molecule has 3 unspecified atom stereocenters. The topological polar surface area (TPSA) is 38.3 Å². The number of anilines is 1. The van der Waals surface area contributed by atoms with E-state index < -0.39 is 0 Å². The van der Waals surface area contributed by atoms with Gasteiger partial charge in [0.25, 0.3) is 5.91 Å². The Morgan fingerprint density at radius 2 is 2.09 bits per heavy atom. The molecule has 3 atom stereocenters. The molecule has 22 heavy (non-hydrogen) atoms. The van der Waals surface area contributed by atoms with Gasteiger partial charge >= 0.3 is 0 Å². The van der Waals surface area contributed by atoms with Gasteiger partial charge in [-0.15, -0.1) is 0 Å². The van der Waals surface area contributed by atoms with Gasteiger partial charge in [0.2, 0.25) is 0 Å². The zero-order chi connectivity index (χ0) is 15.1. The maximum atomic E-state index is 12.5. The number of carbonyl (C=O) groups excluding carboxylic acids is 1. The van der Waals surface area contributed by atoms with Gasteiger partial charge < -0.3 is 10.1 Å². The Balaban J connectivity index is 1.57. The molecule has 0 radical (unpaired) electrons. The van der Waals surface area contributed by atoms with Gasteiger partial charge in [-0.2, -0.15) is 0 Å². The van der Waals surface area contributed by atoms with Crippen LogP contribution in [-0.2, 0) is 9.53 Å². The van der Waals surface area contributed by atoms with Crippen LogP contribution in [-0.4, -0.2) is 12.5 Å². The van der Waals surface area contributed by atoms with E-state index >= 15 is 0 Å². The maximum Gasteiger partial charge on any atom is 0.255 e. The number of ether oxygens (including phenoxy) is 1. The van der Waals surface area contributed by atoms with Crippen molar-refractivity contribution in [1.29, 1.82) is 0 Å². The Morgan fingerprint density at radius 3 is 2.77 bits per heavy atom. The molecule has 3 nitrogen and oxygen atoms in total. The summed E-state index contributed by atoms with van der Waals surface area (Å²) in [6.07, 6.45) is 6.15. The van der Waals surface area contributed by atoms with Gasteiger partial charge in [-0.05, 0) is 55.6 Å². The predicted octanol–water partition coefficient (Wildman–Crippen LogP) is 4.22. The molecule has 2 saturated carbocycles. The van der Waals surface area contributed by atoms with E-state index in [2.05, 4.69) is 17.4 Å². The second-order valence-corrected chi connectivity index (χ2v) is 6.96. The smallest absolute Gasteiger partial charge is 0.255 e. The molecule has 3 aliphatic rings. The SMILES string of the molecule is CC1=C(C(=O)Nc2ccccc2C2CC3CCC2C3)CCO1. The summed E-state index contributed by atoms with van der Waals surface area (Å²) in [5.41, 5.74) is 3.13. The average molecular weight is 297 g/mol. The van der Waals surface area contributed by atoms with E-state index in [1.807, 2.05) is 19.1 Å². The molecule has 3 heteroatoms. The fraction of sp³-hybridized carbons (Fsp3) is 0.526. The fourth-order valence-corrected chi connectivity index (χ4v) is 4.60. The van der Waals surface area contributed by atoms with Crippen molar-refractivity contribution >= 4 is 11.6 Å². The minimum atomic E-state index is 0.00519. The molecule has 0 aromatic heterocycles. The highest BCUT2D eigenvalue weighted by molar-refractivity contribution is 6.04. The zero-order valence-corrected chi connectivity index (χ0v) is 13.1. The van der Waals surface area contributed by atoms with Crippen LogP contribution in [0, 0.1) is 11.8 Å². The molecule has 2 fully saturated rings. The number of allylic oxidation sites excluding steroid dienone is 1. The van der Waals surface area contributed by atoms with Gasteiger partial charge in [-0.1, -0.05) is 24.6 Å². The number of rotatable bonds is 3. The van der Waals surface area contributed by atoms with Crippen LogP contribution in [0.5, 0.6) is 0 Å². The van der Waals surface area contributed by atoms with Crippen LogP contribution in [0.3, 0.4) is 0 Å². The third-order valence-corrected chi connectivity index (χ3v) is 5.72. The van der Waals surface area contributed by atoms with Crippen molar-refractivity contribution in [1.82, 2.24) is 0 Å². The van der Waals surface area contributed by atoms with Crippen molar-refractivity contribution in [2.24, 2.45) is 11.8 Å². The minimum Gasteiger partial charge on any atom is -0.497 e.